The Balaban J connectivity index is 1.99. The molecule has 0 fully saturated rings. The van der Waals surface area contributed by atoms with Gasteiger partial charge in [-0.2, -0.15) is 0 Å². The first kappa shape index (κ1) is 16.8. The van der Waals surface area contributed by atoms with E-state index >= 15 is 0 Å². The van der Waals surface area contributed by atoms with Crippen LogP contribution in [-0.4, -0.2) is 18.1 Å². The van der Waals surface area contributed by atoms with Gasteiger partial charge in [0.1, 0.15) is 0 Å². The SMILES string of the molecule is CCNC1=CCC(NCC)(c2c3ccccc3nc3ccccc23)C=C1. The largest absolute Gasteiger partial charge is 0.386 e. The normalized spacial score (nSPS) is 19.7. The highest BCUT2D eigenvalue weighted by atomic mass is 15.0. The molecule has 3 nitrogen and oxygen atoms in total. The van der Waals surface area contributed by atoms with E-state index in [0.29, 0.717) is 0 Å². The van der Waals surface area contributed by atoms with Gasteiger partial charge < -0.3 is 10.6 Å². The molecule has 0 aliphatic heterocycles. The van der Waals surface area contributed by atoms with Crippen molar-refractivity contribution in [2.45, 2.75) is 25.8 Å². The summed E-state index contributed by atoms with van der Waals surface area (Å²) in [4.78, 5) is 4.89. The Morgan fingerprint density at radius 2 is 1.58 bits per heavy atom. The summed E-state index contributed by atoms with van der Waals surface area (Å²) in [6.45, 7) is 6.14. The number of fused-ring (bicyclic) bond motifs is 2. The molecule has 0 amide bonds. The highest BCUT2D eigenvalue weighted by molar-refractivity contribution is 5.98. The van der Waals surface area contributed by atoms with Crippen molar-refractivity contribution in [2.24, 2.45) is 0 Å². The molecule has 1 unspecified atom stereocenters. The van der Waals surface area contributed by atoms with Gasteiger partial charge in [-0.05, 0) is 43.7 Å². The third-order valence-corrected chi connectivity index (χ3v) is 5.10. The Hall–Kier alpha value is -2.65. The summed E-state index contributed by atoms with van der Waals surface area (Å²) in [6, 6.07) is 16.9. The first-order valence-electron chi connectivity index (χ1n) is 9.43. The number of rotatable bonds is 5. The number of aromatic nitrogens is 1. The minimum atomic E-state index is -0.226. The van der Waals surface area contributed by atoms with Gasteiger partial charge in [0.15, 0.2) is 0 Å². The van der Waals surface area contributed by atoms with Crippen molar-refractivity contribution >= 4 is 21.8 Å². The van der Waals surface area contributed by atoms with Crippen molar-refractivity contribution in [1.82, 2.24) is 15.6 Å². The van der Waals surface area contributed by atoms with E-state index in [2.05, 4.69) is 91.2 Å². The van der Waals surface area contributed by atoms with Crippen molar-refractivity contribution in [3.05, 3.63) is 78.0 Å². The second-order valence-electron chi connectivity index (χ2n) is 6.75. The predicted molar refractivity (Wildman–Crippen MR) is 110 cm³/mol. The van der Waals surface area contributed by atoms with Crippen LogP contribution in [0.15, 0.2) is 72.5 Å². The molecule has 0 spiro atoms. The quantitative estimate of drug-likeness (QED) is 0.662. The summed E-state index contributed by atoms with van der Waals surface area (Å²) in [5.74, 6) is 0. The van der Waals surface area contributed by atoms with Crippen LogP contribution in [0, 0.1) is 0 Å². The molecule has 1 heterocycles. The molecule has 1 aromatic heterocycles. The summed E-state index contributed by atoms with van der Waals surface area (Å²) in [5.41, 5.74) is 4.39. The maximum Gasteiger partial charge on any atom is 0.0713 e. The second kappa shape index (κ2) is 6.93. The number of benzene rings is 2. The van der Waals surface area contributed by atoms with E-state index in [0.717, 1.165) is 30.5 Å². The lowest BCUT2D eigenvalue weighted by Gasteiger charge is -2.36. The number of nitrogens with one attached hydrogen (secondary N) is 2. The molecule has 2 aromatic carbocycles. The van der Waals surface area contributed by atoms with Gasteiger partial charge in [-0.1, -0.05) is 55.5 Å². The molecule has 3 heteroatoms. The van der Waals surface area contributed by atoms with Crippen LogP contribution in [0.2, 0.25) is 0 Å². The van der Waals surface area contributed by atoms with Crippen molar-refractivity contribution < 1.29 is 0 Å². The summed E-state index contributed by atoms with van der Waals surface area (Å²) in [6.07, 6.45) is 7.75. The average Bonchev–Trinajstić information content (AvgIpc) is 2.68. The molecule has 2 N–H and O–H groups in total. The molecule has 26 heavy (non-hydrogen) atoms. The molecule has 0 radical (unpaired) electrons. The van der Waals surface area contributed by atoms with Gasteiger partial charge in [-0.3, -0.25) is 0 Å². The van der Waals surface area contributed by atoms with E-state index in [1.54, 1.807) is 0 Å². The first-order valence-corrected chi connectivity index (χ1v) is 9.43. The Morgan fingerprint density at radius 1 is 0.923 bits per heavy atom. The van der Waals surface area contributed by atoms with Crippen molar-refractivity contribution in [1.29, 1.82) is 0 Å². The number of hydrogen-bond donors (Lipinski definition) is 2. The summed E-state index contributed by atoms with van der Waals surface area (Å²) < 4.78 is 0. The van der Waals surface area contributed by atoms with Crippen LogP contribution in [0.3, 0.4) is 0 Å². The second-order valence-corrected chi connectivity index (χ2v) is 6.75. The van der Waals surface area contributed by atoms with Crippen LogP contribution in [0.25, 0.3) is 21.8 Å². The maximum atomic E-state index is 4.89. The molecule has 1 aliphatic rings. The van der Waals surface area contributed by atoms with Crippen molar-refractivity contribution in [3.63, 3.8) is 0 Å². The molecular formula is C23H25N3. The fourth-order valence-corrected chi connectivity index (χ4v) is 4.02. The topological polar surface area (TPSA) is 37.0 Å². The van der Waals surface area contributed by atoms with Crippen LogP contribution < -0.4 is 10.6 Å². The first-order chi connectivity index (χ1) is 12.8. The third kappa shape index (κ3) is 2.78. The molecule has 1 atom stereocenters. The lowest BCUT2D eigenvalue weighted by atomic mass is 9.79. The predicted octanol–water partition coefficient (Wildman–Crippen LogP) is 4.65. The van der Waals surface area contributed by atoms with E-state index in [4.69, 9.17) is 4.98 Å². The smallest absolute Gasteiger partial charge is 0.0713 e. The van der Waals surface area contributed by atoms with Gasteiger partial charge in [0.25, 0.3) is 0 Å². The lowest BCUT2D eigenvalue weighted by Crippen LogP contribution is -2.42. The lowest BCUT2D eigenvalue weighted by molar-refractivity contribution is 0.432. The van der Waals surface area contributed by atoms with Crippen molar-refractivity contribution in [3.8, 4) is 0 Å². The van der Waals surface area contributed by atoms with Gasteiger partial charge in [0.2, 0.25) is 0 Å². The molecule has 0 saturated carbocycles. The summed E-state index contributed by atoms with van der Waals surface area (Å²) >= 11 is 0. The Kier molecular flexibility index (Phi) is 4.48. The molecule has 0 saturated heterocycles. The molecule has 0 bridgehead atoms. The summed E-state index contributed by atoms with van der Waals surface area (Å²) in [5, 5.41) is 9.64. The highest BCUT2D eigenvalue weighted by Crippen LogP contribution is 2.39. The molecule has 4 rings (SSSR count). The van der Waals surface area contributed by atoms with E-state index in [-0.39, 0.29) is 5.54 Å². The van der Waals surface area contributed by atoms with Gasteiger partial charge in [0, 0.05) is 23.0 Å². The molecule has 1 aliphatic carbocycles. The Bertz CT molecular complexity index is 949. The van der Waals surface area contributed by atoms with Crippen LogP contribution in [0.1, 0.15) is 25.8 Å². The maximum absolute atomic E-state index is 4.89. The fourth-order valence-electron chi connectivity index (χ4n) is 4.02. The minimum absolute atomic E-state index is 0.226. The number of hydrogen-bond acceptors (Lipinski definition) is 3. The van der Waals surface area contributed by atoms with Gasteiger partial charge >= 0.3 is 0 Å². The minimum Gasteiger partial charge on any atom is -0.386 e. The zero-order valence-corrected chi connectivity index (χ0v) is 15.4. The zero-order chi connectivity index (χ0) is 18.0. The van der Waals surface area contributed by atoms with Crippen LogP contribution >= 0.6 is 0 Å². The van der Waals surface area contributed by atoms with E-state index in [1.807, 2.05) is 0 Å². The standard InChI is InChI=1S/C23H25N3/c1-3-24-17-13-15-23(16-14-17,25-4-2)22-18-9-5-7-11-20(18)26-21-12-8-6-10-19(21)22/h5-15,24-25H,3-4,16H2,1-2H3. The van der Waals surface area contributed by atoms with E-state index in [9.17, 15) is 0 Å². The fraction of sp³-hybridized carbons (Fsp3) is 0.261. The third-order valence-electron chi connectivity index (χ3n) is 5.10. The van der Waals surface area contributed by atoms with E-state index < -0.39 is 0 Å². The van der Waals surface area contributed by atoms with Crippen LogP contribution in [0.4, 0.5) is 0 Å². The van der Waals surface area contributed by atoms with Crippen molar-refractivity contribution in [2.75, 3.05) is 13.1 Å². The molecule has 3 aromatic rings. The number of para-hydroxylation sites is 2. The Labute approximate surface area is 154 Å². The molecule has 132 valence electrons. The van der Waals surface area contributed by atoms with Gasteiger partial charge in [0.05, 0.1) is 16.6 Å². The number of allylic oxidation sites excluding steroid dienone is 1. The van der Waals surface area contributed by atoms with E-state index in [1.165, 1.54) is 22.0 Å². The monoisotopic (exact) mass is 343 g/mol. The van der Waals surface area contributed by atoms with Gasteiger partial charge in [-0.15, -0.1) is 0 Å². The summed E-state index contributed by atoms with van der Waals surface area (Å²) in [7, 11) is 0. The van der Waals surface area contributed by atoms with Crippen LogP contribution in [0.5, 0.6) is 0 Å². The number of likely N-dealkylation sites (N-methyl/N-ethyl adjacent to an activating group) is 2. The number of pyridine rings is 1. The Morgan fingerprint density at radius 3 is 2.12 bits per heavy atom. The number of nitrogens with zero attached hydrogens (tertiary/aromatic N) is 1. The highest BCUT2D eigenvalue weighted by Gasteiger charge is 2.33. The average molecular weight is 343 g/mol. The molecular weight excluding hydrogens is 318 g/mol. The van der Waals surface area contributed by atoms with Gasteiger partial charge in [-0.25, -0.2) is 4.98 Å². The van der Waals surface area contributed by atoms with Crippen LogP contribution in [-0.2, 0) is 5.54 Å². The zero-order valence-electron chi connectivity index (χ0n) is 15.4.